The molecule has 0 aromatic heterocycles. The Bertz CT molecular complexity index is 656. The third-order valence-electron chi connectivity index (χ3n) is 5.10. The van der Waals surface area contributed by atoms with Gasteiger partial charge in [-0.05, 0) is 37.5 Å². The van der Waals surface area contributed by atoms with E-state index in [0.717, 1.165) is 56.6 Å². The van der Waals surface area contributed by atoms with Gasteiger partial charge in [0.05, 0.1) is 19.8 Å². The molecule has 3 N–H and O–H groups in total. The number of aliphatic imine (C=N–C) groups is 1. The van der Waals surface area contributed by atoms with E-state index in [9.17, 15) is 4.79 Å². The highest BCUT2D eigenvalue weighted by atomic mass is 16.5. The molecule has 1 aliphatic heterocycles. The topological polar surface area (TPSA) is 78.0 Å². The minimum absolute atomic E-state index is 0.0397. The first-order valence-corrected chi connectivity index (χ1v) is 10.7. The number of nitrogens with zero attached hydrogens (tertiary/aromatic N) is 2. The van der Waals surface area contributed by atoms with E-state index in [4.69, 9.17) is 4.74 Å². The number of nitrogens with one attached hydrogen (secondary N) is 3. The minimum Gasteiger partial charge on any atom is -0.379 e. The summed E-state index contributed by atoms with van der Waals surface area (Å²) in [6.45, 7) is 14.0. The SMILES string of the molecule is CCNC(=NCc1cccc(NC(=O)CCN2CCOCC2)c1)NC(C)C(C)C. The number of anilines is 1. The van der Waals surface area contributed by atoms with Gasteiger partial charge in [-0.3, -0.25) is 9.69 Å². The molecule has 1 heterocycles. The van der Waals surface area contributed by atoms with Gasteiger partial charge in [0, 0.05) is 44.3 Å². The van der Waals surface area contributed by atoms with E-state index < -0.39 is 0 Å². The summed E-state index contributed by atoms with van der Waals surface area (Å²) >= 11 is 0. The molecule has 7 heteroatoms. The van der Waals surface area contributed by atoms with E-state index in [1.165, 1.54) is 0 Å². The monoisotopic (exact) mass is 403 g/mol. The van der Waals surface area contributed by atoms with Crippen LogP contribution in [0.1, 0.15) is 39.7 Å². The fraction of sp³-hybridized carbons (Fsp3) is 0.636. The number of rotatable bonds is 9. The molecule has 1 unspecified atom stereocenters. The number of hydrogen-bond donors (Lipinski definition) is 3. The lowest BCUT2D eigenvalue weighted by Crippen LogP contribution is -2.44. The molecule has 2 rings (SSSR count). The van der Waals surface area contributed by atoms with Crippen molar-refractivity contribution in [2.45, 2.75) is 46.7 Å². The molecule has 0 saturated carbocycles. The Balaban J connectivity index is 1.87. The van der Waals surface area contributed by atoms with E-state index in [1.54, 1.807) is 0 Å². The molecule has 0 spiro atoms. The average Bonchev–Trinajstić information content (AvgIpc) is 2.71. The molecule has 1 amide bonds. The van der Waals surface area contributed by atoms with Crippen LogP contribution in [0.25, 0.3) is 0 Å². The quantitative estimate of drug-likeness (QED) is 0.436. The molecule has 7 nitrogen and oxygen atoms in total. The van der Waals surface area contributed by atoms with E-state index in [0.29, 0.717) is 24.9 Å². The lowest BCUT2D eigenvalue weighted by atomic mass is 10.1. The summed E-state index contributed by atoms with van der Waals surface area (Å²) in [6, 6.07) is 8.24. The predicted molar refractivity (Wildman–Crippen MR) is 119 cm³/mol. The van der Waals surface area contributed by atoms with Crippen molar-refractivity contribution in [1.29, 1.82) is 0 Å². The third-order valence-corrected chi connectivity index (χ3v) is 5.10. The van der Waals surface area contributed by atoms with Crippen LogP contribution >= 0.6 is 0 Å². The molecule has 1 aliphatic rings. The molecule has 1 aromatic carbocycles. The van der Waals surface area contributed by atoms with Crippen molar-refractivity contribution in [2.24, 2.45) is 10.9 Å². The molecule has 1 fully saturated rings. The van der Waals surface area contributed by atoms with E-state index in [-0.39, 0.29) is 5.91 Å². The second-order valence-corrected chi connectivity index (χ2v) is 7.82. The van der Waals surface area contributed by atoms with E-state index in [1.807, 2.05) is 24.3 Å². The number of morpholine rings is 1. The Hall–Kier alpha value is -2.12. The summed E-state index contributed by atoms with van der Waals surface area (Å²) in [4.78, 5) is 19.2. The number of ether oxygens (including phenoxy) is 1. The van der Waals surface area contributed by atoms with Crippen LogP contribution < -0.4 is 16.0 Å². The molecule has 0 radical (unpaired) electrons. The van der Waals surface area contributed by atoms with Gasteiger partial charge >= 0.3 is 0 Å². The van der Waals surface area contributed by atoms with E-state index >= 15 is 0 Å². The maximum atomic E-state index is 12.3. The van der Waals surface area contributed by atoms with Crippen LogP contribution in [0.4, 0.5) is 5.69 Å². The Labute approximate surface area is 175 Å². The largest absolute Gasteiger partial charge is 0.379 e. The summed E-state index contributed by atoms with van der Waals surface area (Å²) in [5, 5.41) is 9.73. The number of benzene rings is 1. The molecular formula is C22H37N5O2. The highest BCUT2D eigenvalue weighted by Gasteiger charge is 2.12. The van der Waals surface area contributed by atoms with Crippen LogP contribution in [0.15, 0.2) is 29.3 Å². The zero-order chi connectivity index (χ0) is 21.1. The van der Waals surface area contributed by atoms with Crippen molar-refractivity contribution in [3.63, 3.8) is 0 Å². The second-order valence-electron chi connectivity index (χ2n) is 7.82. The van der Waals surface area contributed by atoms with Crippen molar-refractivity contribution in [3.05, 3.63) is 29.8 Å². The van der Waals surface area contributed by atoms with Crippen molar-refractivity contribution >= 4 is 17.6 Å². The number of hydrogen-bond acceptors (Lipinski definition) is 4. The molecule has 29 heavy (non-hydrogen) atoms. The molecule has 1 aromatic rings. The lowest BCUT2D eigenvalue weighted by Gasteiger charge is -2.26. The summed E-state index contributed by atoms with van der Waals surface area (Å²) in [7, 11) is 0. The zero-order valence-corrected chi connectivity index (χ0v) is 18.3. The van der Waals surface area contributed by atoms with Crippen molar-refractivity contribution < 1.29 is 9.53 Å². The maximum Gasteiger partial charge on any atom is 0.225 e. The van der Waals surface area contributed by atoms with Gasteiger partial charge in [0.1, 0.15) is 0 Å². The number of carbonyl (C=O) groups excluding carboxylic acids is 1. The summed E-state index contributed by atoms with van der Waals surface area (Å²) < 4.78 is 5.34. The Morgan fingerprint density at radius 3 is 2.69 bits per heavy atom. The molecule has 0 aliphatic carbocycles. The van der Waals surface area contributed by atoms with Crippen LogP contribution in [0.3, 0.4) is 0 Å². The van der Waals surface area contributed by atoms with Crippen LogP contribution in [0, 0.1) is 5.92 Å². The third kappa shape index (κ3) is 8.83. The van der Waals surface area contributed by atoms with Gasteiger partial charge in [0.15, 0.2) is 5.96 Å². The average molecular weight is 404 g/mol. The molecule has 0 bridgehead atoms. The van der Waals surface area contributed by atoms with Crippen molar-refractivity contribution in [2.75, 3.05) is 44.7 Å². The second kappa shape index (κ2) is 12.4. The van der Waals surface area contributed by atoms with Gasteiger partial charge in [-0.1, -0.05) is 26.0 Å². The molecular weight excluding hydrogens is 366 g/mol. The maximum absolute atomic E-state index is 12.3. The summed E-state index contributed by atoms with van der Waals surface area (Å²) in [5.41, 5.74) is 1.88. The van der Waals surface area contributed by atoms with Gasteiger partial charge in [-0.2, -0.15) is 0 Å². The Kier molecular flexibility index (Phi) is 9.94. The smallest absolute Gasteiger partial charge is 0.225 e. The van der Waals surface area contributed by atoms with Crippen molar-refractivity contribution in [1.82, 2.24) is 15.5 Å². The normalized spacial score (nSPS) is 16.5. The minimum atomic E-state index is 0.0397. The zero-order valence-electron chi connectivity index (χ0n) is 18.3. The Morgan fingerprint density at radius 2 is 2.00 bits per heavy atom. The summed E-state index contributed by atoms with van der Waals surface area (Å²) in [5.74, 6) is 1.38. The number of guanidine groups is 1. The van der Waals surface area contributed by atoms with Gasteiger partial charge in [0.2, 0.25) is 5.91 Å². The van der Waals surface area contributed by atoms with Crippen LogP contribution in [-0.2, 0) is 16.1 Å². The number of carbonyl (C=O) groups is 1. The molecule has 1 atom stereocenters. The molecule has 162 valence electrons. The van der Waals surface area contributed by atoms with Crippen LogP contribution in [-0.4, -0.2) is 62.2 Å². The lowest BCUT2D eigenvalue weighted by molar-refractivity contribution is -0.116. The van der Waals surface area contributed by atoms with Gasteiger partial charge in [0.25, 0.3) is 0 Å². The standard InChI is InChI=1S/C22H37N5O2/c1-5-23-22(25-18(4)17(2)3)24-16-19-7-6-8-20(15-19)26-21(28)9-10-27-11-13-29-14-12-27/h6-8,15,17-18H,5,9-14,16H2,1-4H3,(H,26,28)(H2,23,24,25). The first-order chi connectivity index (χ1) is 14.0. The highest BCUT2D eigenvalue weighted by molar-refractivity contribution is 5.90. The highest BCUT2D eigenvalue weighted by Crippen LogP contribution is 2.12. The van der Waals surface area contributed by atoms with Gasteiger partial charge < -0.3 is 20.7 Å². The van der Waals surface area contributed by atoms with Crippen LogP contribution in [0.5, 0.6) is 0 Å². The van der Waals surface area contributed by atoms with Gasteiger partial charge in [-0.15, -0.1) is 0 Å². The molecule has 1 saturated heterocycles. The summed E-state index contributed by atoms with van der Waals surface area (Å²) in [6.07, 6.45) is 0.490. The first-order valence-electron chi connectivity index (χ1n) is 10.7. The van der Waals surface area contributed by atoms with Gasteiger partial charge in [-0.25, -0.2) is 4.99 Å². The fourth-order valence-corrected chi connectivity index (χ4v) is 2.93. The predicted octanol–water partition coefficient (Wildman–Crippen LogP) is 2.45. The number of amides is 1. The van der Waals surface area contributed by atoms with Crippen molar-refractivity contribution in [3.8, 4) is 0 Å². The van der Waals surface area contributed by atoms with Crippen LogP contribution in [0.2, 0.25) is 0 Å². The first kappa shape index (κ1) is 23.2. The fourth-order valence-electron chi connectivity index (χ4n) is 2.93. The van der Waals surface area contributed by atoms with E-state index in [2.05, 4.69) is 53.5 Å². The Morgan fingerprint density at radius 1 is 1.24 bits per heavy atom.